The van der Waals surface area contributed by atoms with E-state index in [1.807, 2.05) is 19.9 Å². The van der Waals surface area contributed by atoms with Gasteiger partial charge in [0.25, 0.3) is 0 Å². The van der Waals surface area contributed by atoms with E-state index < -0.39 is 0 Å². The van der Waals surface area contributed by atoms with Crippen LogP contribution < -0.4 is 10.2 Å². The summed E-state index contributed by atoms with van der Waals surface area (Å²) in [4.78, 5) is 12.6. The number of rotatable bonds is 3. The predicted octanol–water partition coefficient (Wildman–Crippen LogP) is 3.84. The van der Waals surface area contributed by atoms with E-state index in [-0.39, 0.29) is 17.3 Å². The molecule has 0 saturated carbocycles. The van der Waals surface area contributed by atoms with Gasteiger partial charge in [0.1, 0.15) is 5.58 Å². The van der Waals surface area contributed by atoms with Gasteiger partial charge in [-0.3, -0.25) is 4.79 Å². The molecule has 0 aliphatic heterocycles. The molecule has 0 radical (unpaired) electrons. The minimum Gasteiger partial charge on any atom is -0.483 e. The van der Waals surface area contributed by atoms with Gasteiger partial charge in [0.2, 0.25) is 16.9 Å². The first-order valence-corrected chi connectivity index (χ1v) is 6.43. The van der Waals surface area contributed by atoms with Gasteiger partial charge < -0.3 is 13.6 Å². The molecule has 0 spiro atoms. The van der Waals surface area contributed by atoms with Crippen molar-refractivity contribution in [2.45, 2.75) is 20.0 Å². The van der Waals surface area contributed by atoms with Gasteiger partial charge >= 0.3 is 0 Å². The zero-order valence-electron chi connectivity index (χ0n) is 11.3. The summed E-state index contributed by atoms with van der Waals surface area (Å²) in [6, 6.07) is 10.6. The monoisotopic (exact) mass is 270 g/mol. The Hall–Kier alpha value is -2.49. The van der Waals surface area contributed by atoms with Gasteiger partial charge in [-0.15, -0.1) is 0 Å². The second-order valence-corrected chi connectivity index (χ2v) is 4.73. The van der Waals surface area contributed by atoms with Gasteiger partial charge in [-0.2, -0.15) is 0 Å². The zero-order chi connectivity index (χ0) is 14.1. The number of ether oxygens (including phenoxy) is 1. The number of benzene rings is 1. The molecule has 0 atom stereocenters. The largest absolute Gasteiger partial charge is 0.483 e. The summed E-state index contributed by atoms with van der Waals surface area (Å²) in [6.45, 7) is 3.72. The van der Waals surface area contributed by atoms with Crippen molar-refractivity contribution in [1.82, 2.24) is 0 Å². The second kappa shape index (κ2) is 4.89. The molecule has 3 aromatic rings. The van der Waals surface area contributed by atoms with E-state index in [1.165, 1.54) is 6.26 Å². The van der Waals surface area contributed by atoms with E-state index in [9.17, 15) is 4.79 Å². The van der Waals surface area contributed by atoms with Crippen LogP contribution in [0.3, 0.4) is 0 Å². The number of para-hydroxylation sites is 1. The van der Waals surface area contributed by atoms with E-state index in [0.29, 0.717) is 22.5 Å². The molecule has 0 unspecified atom stereocenters. The molecule has 102 valence electrons. The highest BCUT2D eigenvalue weighted by molar-refractivity contribution is 5.81. The van der Waals surface area contributed by atoms with Gasteiger partial charge in [-0.05, 0) is 38.1 Å². The average Bonchev–Trinajstić information content (AvgIpc) is 2.95. The minimum atomic E-state index is -0.188. The lowest BCUT2D eigenvalue weighted by molar-refractivity contribution is 0.236. The third-order valence-electron chi connectivity index (χ3n) is 2.85. The summed E-state index contributed by atoms with van der Waals surface area (Å²) in [5, 5.41) is 0.499. The lowest BCUT2D eigenvalue weighted by atomic mass is 10.2. The van der Waals surface area contributed by atoms with Crippen molar-refractivity contribution in [1.29, 1.82) is 0 Å². The van der Waals surface area contributed by atoms with Crippen LogP contribution in [0.4, 0.5) is 0 Å². The normalized spacial score (nSPS) is 11.2. The topological polar surface area (TPSA) is 52.6 Å². The van der Waals surface area contributed by atoms with E-state index in [0.717, 1.165) is 0 Å². The van der Waals surface area contributed by atoms with Gasteiger partial charge in [0, 0.05) is 0 Å². The lowest BCUT2D eigenvalue weighted by Gasteiger charge is -2.12. The van der Waals surface area contributed by atoms with Crippen molar-refractivity contribution in [2.24, 2.45) is 0 Å². The van der Waals surface area contributed by atoms with E-state index in [1.54, 1.807) is 30.3 Å². The number of furan rings is 1. The van der Waals surface area contributed by atoms with Crippen molar-refractivity contribution in [3.63, 3.8) is 0 Å². The Labute approximate surface area is 115 Å². The van der Waals surface area contributed by atoms with E-state index in [2.05, 4.69) is 0 Å². The highest BCUT2D eigenvalue weighted by Crippen LogP contribution is 2.31. The summed E-state index contributed by atoms with van der Waals surface area (Å²) in [5.41, 5.74) is 0.326. The van der Waals surface area contributed by atoms with Gasteiger partial charge in [-0.1, -0.05) is 12.1 Å². The fourth-order valence-electron chi connectivity index (χ4n) is 2.04. The molecule has 0 amide bonds. The summed E-state index contributed by atoms with van der Waals surface area (Å²) in [7, 11) is 0. The van der Waals surface area contributed by atoms with Crippen LogP contribution in [0.1, 0.15) is 13.8 Å². The molecule has 4 nitrogen and oxygen atoms in total. The van der Waals surface area contributed by atoms with Crippen molar-refractivity contribution in [2.75, 3.05) is 0 Å². The molecule has 0 aliphatic carbocycles. The predicted molar refractivity (Wildman–Crippen MR) is 76.0 cm³/mol. The maximum atomic E-state index is 12.6. The van der Waals surface area contributed by atoms with E-state index in [4.69, 9.17) is 13.6 Å². The molecular weight excluding hydrogens is 256 g/mol. The molecule has 0 aliphatic rings. The SMILES string of the molecule is CC(C)Oc1c(-c2ccco2)oc2ccccc2c1=O. The Morgan fingerprint density at radius 3 is 2.60 bits per heavy atom. The summed E-state index contributed by atoms with van der Waals surface area (Å²) >= 11 is 0. The molecule has 20 heavy (non-hydrogen) atoms. The molecule has 4 heteroatoms. The standard InChI is InChI=1S/C16H14O4/c1-10(2)19-16-14(17)11-6-3-4-7-12(11)20-15(16)13-8-5-9-18-13/h3-10H,1-2H3. The van der Waals surface area contributed by atoms with Crippen LogP contribution in [-0.2, 0) is 0 Å². The van der Waals surface area contributed by atoms with Gasteiger partial charge in [-0.25, -0.2) is 0 Å². The van der Waals surface area contributed by atoms with E-state index >= 15 is 0 Å². The van der Waals surface area contributed by atoms with Crippen LogP contribution >= 0.6 is 0 Å². The second-order valence-electron chi connectivity index (χ2n) is 4.73. The first-order valence-electron chi connectivity index (χ1n) is 6.43. The fraction of sp³-hybridized carbons (Fsp3) is 0.188. The van der Waals surface area contributed by atoms with Crippen molar-refractivity contribution >= 4 is 11.0 Å². The first kappa shape index (κ1) is 12.5. The molecular formula is C16H14O4. The van der Waals surface area contributed by atoms with Gasteiger partial charge in [0.05, 0.1) is 17.8 Å². The summed E-state index contributed by atoms with van der Waals surface area (Å²) in [6.07, 6.45) is 1.40. The molecule has 0 saturated heterocycles. The molecule has 0 bridgehead atoms. The Morgan fingerprint density at radius 1 is 1.10 bits per heavy atom. The minimum absolute atomic E-state index is 0.132. The van der Waals surface area contributed by atoms with Crippen LogP contribution in [-0.4, -0.2) is 6.10 Å². The third kappa shape index (κ3) is 2.09. The van der Waals surface area contributed by atoms with Gasteiger partial charge in [0.15, 0.2) is 5.76 Å². The molecule has 3 rings (SSSR count). The summed E-state index contributed by atoms with van der Waals surface area (Å²) in [5.74, 6) is 0.990. The maximum absolute atomic E-state index is 12.6. The Bertz CT molecular complexity index is 782. The Kier molecular flexibility index (Phi) is 3.06. The zero-order valence-corrected chi connectivity index (χ0v) is 11.3. The lowest BCUT2D eigenvalue weighted by Crippen LogP contribution is -2.15. The van der Waals surface area contributed by atoms with Crippen molar-refractivity contribution in [3.8, 4) is 17.3 Å². The Balaban J connectivity index is 2.34. The van der Waals surface area contributed by atoms with Crippen LogP contribution in [0.5, 0.6) is 5.75 Å². The Morgan fingerprint density at radius 2 is 1.90 bits per heavy atom. The molecule has 2 aromatic heterocycles. The smallest absolute Gasteiger partial charge is 0.235 e. The van der Waals surface area contributed by atoms with Crippen LogP contribution in [0.15, 0.2) is 56.3 Å². The fourth-order valence-corrected chi connectivity index (χ4v) is 2.04. The van der Waals surface area contributed by atoms with Crippen LogP contribution in [0.2, 0.25) is 0 Å². The maximum Gasteiger partial charge on any atom is 0.235 e. The number of hydrogen-bond acceptors (Lipinski definition) is 4. The van der Waals surface area contributed by atoms with Crippen molar-refractivity contribution in [3.05, 3.63) is 52.9 Å². The highest BCUT2D eigenvalue weighted by Gasteiger charge is 2.20. The van der Waals surface area contributed by atoms with Crippen LogP contribution in [0.25, 0.3) is 22.5 Å². The number of fused-ring (bicyclic) bond motifs is 1. The molecule has 2 heterocycles. The number of hydrogen-bond donors (Lipinski definition) is 0. The average molecular weight is 270 g/mol. The quantitative estimate of drug-likeness (QED) is 0.725. The molecule has 1 aromatic carbocycles. The van der Waals surface area contributed by atoms with Crippen LogP contribution in [0, 0.1) is 0 Å². The summed E-state index contributed by atoms with van der Waals surface area (Å²) < 4.78 is 16.8. The molecule has 0 N–H and O–H groups in total. The first-order chi connectivity index (χ1) is 9.66. The highest BCUT2D eigenvalue weighted by atomic mass is 16.5. The molecule has 0 fully saturated rings. The third-order valence-corrected chi connectivity index (χ3v) is 2.85. The van der Waals surface area contributed by atoms with Crippen molar-refractivity contribution < 1.29 is 13.6 Å².